The first-order valence-corrected chi connectivity index (χ1v) is 28.7. The van der Waals surface area contributed by atoms with E-state index in [1.54, 1.807) is 0 Å². The quantitative estimate of drug-likeness (QED) is 0.126. The van der Waals surface area contributed by atoms with Crippen molar-refractivity contribution in [3.63, 3.8) is 0 Å². The van der Waals surface area contributed by atoms with Crippen molar-refractivity contribution >= 4 is 102 Å². The van der Waals surface area contributed by atoms with Crippen LogP contribution in [-0.2, 0) is 10.8 Å². The van der Waals surface area contributed by atoms with Gasteiger partial charge in [0.15, 0.2) is 0 Å². The lowest BCUT2D eigenvalue weighted by atomic mass is 9.79. The van der Waals surface area contributed by atoms with Crippen molar-refractivity contribution in [2.24, 2.45) is 0 Å². The molecule has 0 heterocycles. The van der Waals surface area contributed by atoms with Gasteiger partial charge in [0, 0.05) is 45.0 Å². The largest absolute Gasteiger partial charge is 0.310 e. The fraction of sp³-hybridized carbons (Fsp3) is 0.0750. The summed E-state index contributed by atoms with van der Waals surface area (Å²) in [6.45, 7) is 9.61. The summed E-state index contributed by atoms with van der Waals surface area (Å²) in [5.41, 5.74) is 22.3. The third-order valence-corrected chi connectivity index (χ3v) is 17.7. The van der Waals surface area contributed by atoms with Gasteiger partial charge in [-0.3, -0.25) is 0 Å². The van der Waals surface area contributed by atoms with Gasteiger partial charge in [-0.2, -0.15) is 0 Å². The summed E-state index contributed by atoms with van der Waals surface area (Å²) in [6.07, 6.45) is 9.08. The minimum absolute atomic E-state index is 0.153. The molecule has 0 amide bonds. The Kier molecular flexibility index (Phi) is 11.6. The van der Waals surface area contributed by atoms with E-state index in [2.05, 4.69) is 329 Å². The molecule has 0 aromatic heterocycles. The van der Waals surface area contributed by atoms with Gasteiger partial charge < -0.3 is 9.80 Å². The van der Waals surface area contributed by atoms with Crippen molar-refractivity contribution in [2.45, 2.75) is 38.5 Å². The van der Waals surface area contributed by atoms with Crippen molar-refractivity contribution in [1.29, 1.82) is 0 Å². The standard InChI is InChI=1S/C80H60N2/c1-79(2)75-45-55(25-23-53-27-31-63-49-69(39-35-61(63)43-53)81(65-19-7-5-8-20-65)67-37-33-57-15-11-13-17-59(57)47-67)29-41-71(75)73-52-78-74(51-77(73)79)72-42-30-56(46-76(72)80(78,3)4)26-24-54-28-32-64-50-70(40-36-62(64)44-54)82(66-21-9-6-10-22-66)68-38-34-58-16-12-14-18-60(58)48-68/h5-52H,1-4H3. The summed E-state index contributed by atoms with van der Waals surface area (Å²) in [5, 5.41) is 9.79. The van der Waals surface area contributed by atoms with Crippen molar-refractivity contribution < 1.29 is 0 Å². The first-order chi connectivity index (χ1) is 40.1. The molecule has 0 unspecified atom stereocenters. The third kappa shape index (κ3) is 8.50. The average molecular weight is 1050 g/mol. The van der Waals surface area contributed by atoms with Gasteiger partial charge in [0.05, 0.1) is 0 Å². The van der Waals surface area contributed by atoms with E-state index in [4.69, 9.17) is 0 Å². The number of rotatable bonds is 10. The van der Waals surface area contributed by atoms with E-state index in [9.17, 15) is 0 Å². The van der Waals surface area contributed by atoms with Crippen LogP contribution in [0.1, 0.15) is 72.2 Å². The molecule has 0 bridgehead atoms. The van der Waals surface area contributed by atoms with Crippen LogP contribution in [0.5, 0.6) is 0 Å². The number of anilines is 6. The zero-order chi connectivity index (χ0) is 55.1. The Morgan fingerprint density at radius 3 is 0.890 bits per heavy atom. The van der Waals surface area contributed by atoms with Crippen LogP contribution in [0.2, 0.25) is 0 Å². The van der Waals surface area contributed by atoms with Crippen LogP contribution in [0.4, 0.5) is 34.1 Å². The van der Waals surface area contributed by atoms with Gasteiger partial charge in [-0.1, -0.05) is 222 Å². The number of benzene rings is 13. The predicted molar refractivity (Wildman–Crippen MR) is 352 cm³/mol. The summed E-state index contributed by atoms with van der Waals surface area (Å²) in [4.78, 5) is 4.70. The molecule has 2 aliphatic rings. The maximum Gasteiger partial charge on any atom is 0.0468 e. The number of fused-ring (bicyclic) bond motifs is 10. The van der Waals surface area contributed by atoms with Crippen LogP contribution in [-0.4, -0.2) is 0 Å². The zero-order valence-corrected chi connectivity index (χ0v) is 46.6. The van der Waals surface area contributed by atoms with Crippen molar-refractivity contribution in [1.82, 2.24) is 0 Å². The fourth-order valence-corrected chi connectivity index (χ4v) is 13.3. The maximum atomic E-state index is 2.52. The van der Waals surface area contributed by atoms with Crippen molar-refractivity contribution in [2.75, 3.05) is 9.80 Å². The highest BCUT2D eigenvalue weighted by atomic mass is 15.1. The summed E-state index contributed by atoms with van der Waals surface area (Å²) in [7, 11) is 0. The van der Waals surface area contributed by atoms with E-state index in [0.717, 1.165) is 34.1 Å². The first kappa shape index (κ1) is 49.1. The Morgan fingerprint density at radius 1 is 0.220 bits per heavy atom. The molecule has 0 spiro atoms. The summed E-state index contributed by atoms with van der Waals surface area (Å²) >= 11 is 0. The van der Waals surface area contributed by atoms with Gasteiger partial charge in [-0.05, 0) is 207 Å². The van der Waals surface area contributed by atoms with E-state index < -0.39 is 0 Å². The SMILES string of the molecule is CC1(C)c2cc(C=Cc3ccc4cc(N(c5ccccc5)c5ccc6ccccc6c5)ccc4c3)ccc2-c2cc3c(cc21)-c1ccc(C=Cc2ccc4cc(N(c5ccccc5)c5ccc6ccccc6c5)ccc4c2)cc1C3(C)C. The Morgan fingerprint density at radius 2 is 0.500 bits per heavy atom. The Balaban J connectivity index is 0.666. The van der Waals surface area contributed by atoms with E-state index in [-0.39, 0.29) is 10.8 Å². The monoisotopic (exact) mass is 1050 g/mol. The molecule has 2 aliphatic carbocycles. The minimum atomic E-state index is -0.153. The molecule has 0 aliphatic heterocycles. The third-order valence-electron chi connectivity index (χ3n) is 17.7. The van der Waals surface area contributed by atoms with Crippen molar-refractivity contribution in [3.05, 3.63) is 311 Å². The molecule has 0 fully saturated rings. The Bertz CT molecular complexity index is 4450. The van der Waals surface area contributed by atoms with Gasteiger partial charge in [-0.25, -0.2) is 0 Å². The Hall–Kier alpha value is -10.0. The molecule has 0 radical (unpaired) electrons. The molecule has 13 aromatic carbocycles. The normalized spacial score (nSPS) is 13.7. The molecule has 82 heavy (non-hydrogen) atoms. The lowest BCUT2D eigenvalue weighted by Crippen LogP contribution is -2.17. The molecular weight excluding hydrogens is 989 g/mol. The second kappa shape index (κ2) is 19.4. The number of hydrogen-bond acceptors (Lipinski definition) is 2. The van der Waals surface area contributed by atoms with Gasteiger partial charge in [0.2, 0.25) is 0 Å². The minimum Gasteiger partial charge on any atom is -0.310 e. The lowest BCUT2D eigenvalue weighted by molar-refractivity contribution is 0.652. The number of hydrogen-bond donors (Lipinski definition) is 0. The number of para-hydroxylation sites is 2. The molecule has 2 heteroatoms. The van der Waals surface area contributed by atoms with Crippen molar-refractivity contribution in [3.8, 4) is 22.3 Å². The van der Waals surface area contributed by atoms with Gasteiger partial charge in [0.25, 0.3) is 0 Å². The average Bonchev–Trinajstić information content (AvgIpc) is 2.29. The zero-order valence-electron chi connectivity index (χ0n) is 46.6. The molecular formula is C80H60N2. The highest BCUT2D eigenvalue weighted by Gasteiger charge is 2.41. The molecule has 13 aromatic rings. The molecule has 0 saturated heterocycles. The molecule has 0 N–H and O–H groups in total. The summed E-state index contributed by atoms with van der Waals surface area (Å²) in [6, 6.07) is 98.4. The van der Waals surface area contributed by atoms with Crippen LogP contribution in [0, 0.1) is 0 Å². The summed E-state index contributed by atoms with van der Waals surface area (Å²) in [5.74, 6) is 0. The van der Waals surface area contributed by atoms with Gasteiger partial charge in [-0.15, -0.1) is 0 Å². The fourth-order valence-electron chi connectivity index (χ4n) is 13.3. The van der Waals surface area contributed by atoms with E-state index in [1.165, 1.54) is 110 Å². The van der Waals surface area contributed by atoms with E-state index >= 15 is 0 Å². The second-order valence-electron chi connectivity index (χ2n) is 23.5. The van der Waals surface area contributed by atoms with Crippen LogP contribution < -0.4 is 9.80 Å². The second-order valence-corrected chi connectivity index (χ2v) is 23.5. The molecule has 15 rings (SSSR count). The van der Waals surface area contributed by atoms with E-state index in [0.29, 0.717) is 0 Å². The first-order valence-electron chi connectivity index (χ1n) is 28.7. The highest BCUT2D eigenvalue weighted by molar-refractivity contribution is 5.97. The molecule has 0 atom stereocenters. The molecule has 0 saturated carbocycles. The van der Waals surface area contributed by atoms with Crippen LogP contribution >= 0.6 is 0 Å². The lowest BCUT2D eigenvalue weighted by Gasteiger charge is -2.26. The van der Waals surface area contributed by atoms with Crippen LogP contribution in [0.15, 0.2) is 267 Å². The molecule has 2 nitrogen and oxygen atoms in total. The smallest absolute Gasteiger partial charge is 0.0468 e. The van der Waals surface area contributed by atoms with Gasteiger partial charge in [0.1, 0.15) is 0 Å². The molecule has 390 valence electrons. The Labute approximate surface area is 480 Å². The topological polar surface area (TPSA) is 6.48 Å². The highest BCUT2D eigenvalue weighted by Crippen LogP contribution is 2.56. The van der Waals surface area contributed by atoms with Crippen LogP contribution in [0.3, 0.4) is 0 Å². The van der Waals surface area contributed by atoms with E-state index in [1.807, 2.05) is 0 Å². The summed E-state index contributed by atoms with van der Waals surface area (Å²) < 4.78 is 0. The predicted octanol–water partition coefficient (Wildman–Crippen LogP) is 22.2. The van der Waals surface area contributed by atoms with Crippen LogP contribution in [0.25, 0.3) is 89.6 Å². The van der Waals surface area contributed by atoms with Gasteiger partial charge >= 0.3 is 0 Å². The maximum absolute atomic E-state index is 2.52. The number of nitrogens with zero attached hydrogens (tertiary/aromatic N) is 2.